The Balaban J connectivity index is 3.28. The van der Waals surface area contributed by atoms with Crippen LogP contribution in [0, 0.1) is 5.82 Å². The third-order valence-corrected chi connectivity index (χ3v) is 4.17. The first-order chi connectivity index (χ1) is 9.72. The van der Waals surface area contributed by atoms with Gasteiger partial charge >= 0.3 is 5.97 Å². The van der Waals surface area contributed by atoms with Crippen LogP contribution in [0.4, 0.5) is 4.39 Å². The summed E-state index contributed by atoms with van der Waals surface area (Å²) in [7, 11) is -3.12. The van der Waals surface area contributed by atoms with Crippen LogP contribution in [0.1, 0.15) is 10.4 Å². The molecular formula is C11H13ClFNO6S. The summed E-state index contributed by atoms with van der Waals surface area (Å²) >= 11 is 5.61. The summed E-state index contributed by atoms with van der Waals surface area (Å²) in [5.41, 5.74) is -0.866. The summed E-state index contributed by atoms with van der Waals surface area (Å²) in [5, 5.41) is 17.6. The lowest BCUT2D eigenvalue weighted by Crippen LogP contribution is -2.41. The number of nitrogens with one attached hydrogen (secondary N) is 1. The number of methoxy groups -OCH3 is 1. The highest BCUT2D eigenvalue weighted by atomic mass is 35.5. The van der Waals surface area contributed by atoms with Crippen molar-refractivity contribution in [1.29, 1.82) is 0 Å². The van der Waals surface area contributed by atoms with Gasteiger partial charge in [0.15, 0.2) is 5.82 Å². The van der Waals surface area contributed by atoms with Crippen LogP contribution in [-0.4, -0.2) is 51.0 Å². The van der Waals surface area contributed by atoms with Crippen LogP contribution in [0.3, 0.4) is 0 Å². The van der Waals surface area contributed by atoms with Crippen molar-refractivity contribution in [2.75, 3.05) is 20.3 Å². The molecular weight excluding hydrogens is 329 g/mol. The molecule has 0 saturated carbocycles. The predicted octanol–water partition coefficient (Wildman–Crippen LogP) is 0.463. The number of carbonyl (C=O) groups is 1. The van der Waals surface area contributed by atoms with Gasteiger partial charge in [-0.1, -0.05) is 11.6 Å². The average Bonchev–Trinajstić information content (AvgIpc) is 2.39. The normalized spacial score (nSPS) is 13.1. The number of hydrogen-bond donors (Lipinski definition) is 3. The van der Waals surface area contributed by atoms with E-state index in [0.717, 1.165) is 12.1 Å². The summed E-state index contributed by atoms with van der Waals surface area (Å²) in [6, 6.07) is 0.579. The lowest BCUT2D eigenvalue weighted by Gasteiger charge is -2.16. The second kappa shape index (κ2) is 7.14. The second-order valence-corrected chi connectivity index (χ2v) is 6.15. The fraction of sp³-hybridized carbons (Fsp3) is 0.364. The summed E-state index contributed by atoms with van der Waals surface area (Å²) in [6.07, 6.45) is 0. The van der Waals surface area contributed by atoms with Gasteiger partial charge < -0.3 is 14.9 Å². The zero-order valence-corrected chi connectivity index (χ0v) is 12.4. The topological polar surface area (TPSA) is 113 Å². The molecule has 0 aliphatic heterocycles. The lowest BCUT2D eigenvalue weighted by atomic mass is 10.2. The van der Waals surface area contributed by atoms with Crippen molar-refractivity contribution >= 4 is 27.6 Å². The van der Waals surface area contributed by atoms with Gasteiger partial charge in [-0.3, -0.25) is 0 Å². The number of hydrogen-bond acceptors (Lipinski definition) is 5. The molecule has 1 aromatic carbocycles. The molecule has 0 fully saturated rings. The Morgan fingerprint density at radius 3 is 2.62 bits per heavy atom. The van der Waals surface area contributed by atoms with Crippen LogP contribution >= 0.6 is 11.6 Å². The van der Waals surface area contributed by atoms with Gasteiger partial charge in [0, 0.05) is 12.1 Å². The molecule has 0 bridgehead atoms. The number of carboxylic acid groups (broad SMARTS) is 1. The number of aromatic carboxylic acids is 1. The van der Waals surface area contributed by atoms with Gasteiger partial charge in [-0.2, -0.15) is 0 Å². The van der Waals surface area contributed by atoms with E-state index in [0.29, 0.717) is 0 Å². The van der Waals surface area contributed by atoms with Crippen LogP contribution in [0.15, 0.2) is 17.0 Å². The minimum absolute atomic E-state index is 0.149. The minimum atomic E-state index is -4.42. The summed E-state index contributed by atoms with van der Waals surface area (Å²) in [5.74, 6) is -3.09. The molecule has 0 aliphatic carbocycles. The molecule has 118 valence electrons. The molecule has 1 rings (SSSR count). The van der Waals surface area contributed by atoms with Gasteiger partial charge in [-0.25, -0.2) is 22.3 Å². The van der Waals surface area contributed by atoms with Crippen LogP contribution in [0.5, 0.6) is 0 Å². The molecule has 0 aromatic heterocycles. The Morgan fingerprint density at radius 1 is 1.52 bits per heavy atom. The average molecular weight is 342 g/mol. The molecule has 1 aromatic rings. The zero-order valence-electron chi connectivity index (χ0n) is 10.8. The highest BCUT2D eigenvalue weighted by Crippen LogP contribution is 2.24. The monoisotopic (exact) mass is 341 g/mol. The van der Waals surface area contributed by atoms with E-state index >= 15 is 0 Å². The Hall–Kier alpha value is -1.26. The van der Waals surface area contributed by atoms with Gasteiger partial charge in [0.1, 0.15) is 4.90 Å². The van der Waals surface area contributed by atoms with Crippen molar-refractivity contribution in [3.8, 4) is 0 Å². The SMILES string of the molecule is COCC(CO)NS(=O)(=O)c1cc(Cl)cc(C(=O)O)c1F. The third kappa shape index (κ3) is 4.35. The van der Waals surface area contributed by atoms with Crippen molar-refractivity contribution < 1.29 is 32.6 Å². The maximum Gasteiger partial charge on any atom is 0.338 e. The largest absolute Gasteiger partial charge is 0.478 e. The highest BCUT2D eigenvalue weighted by Gasteiger charge is 2.27. The predicted molar refractivity (Wildman–Crippen MR) is 71.4 cm³/mol. The van der Waals surface area contributed by atoms with Gasteiger partial charge in [0.25, 0.3) is 0 Å². The van der Waals surface area contributed by atoms with E-state index in [1.807, 2.05) is 4.72 Å². The molecule has 7 nitrogen and oxygen atoms in total. The molecule has 3 N–H and O–H groups in total. The number of aliphatic hydroxyl groups is 1. The van der Waals surface area contributed by atoms with E-state index in [4.69, 9.17) is 26.6 Å². The first-order valence-corrected chi connectivity index (χ1v) is 7.43. The molecule has 0 aliphatic rings. The number of rotatable bonds is 7. The fourth-order valence-electron chi connectivity index (χ4n) is 1.52. The van der Waals surface area contributed by atoms with Crippen molar-refractivity contribution in [2.45, 2.75) is 10.9 Å². The second-order valence-electron chi connectivity index (χ2n) is 4.03. The quantitative estimate of drug-likeness (QED) is 0.664. The van der Waals surface area contributed by atoms with Gasteiger partial charge in [-0.15, -0.1) is 0 Å². The standard InChI is InChI=1S/C11H13ClFNO6S/c1-20-5-7(4-15)14-21(18,19)9-3-6(12)2-8(10(9)13)11(16)17/h2-3,7,14-15H,4-5H2,1H3,(H,16,17). The van der Waals surface area contributed by atoms with Crippen LogP contribution in [-0.2, 0) is 14.8 Å². The Morgan fingerprint density at radius 2 is 2.14 bits per heavy atom. The van der Waals surface area contributed by atoms with Crippen LogP contribution in [0.25, 0.3) is 0 Å². The highest BCUT2D eigenvalue weighted by molar-refractivity contribution is 7.89. The van der Waals surface area contributed by atoms with Crippen molar-refractivity contribution in [3.05, 3.63) is 28.5 Å². The van der Waals surface area contributed by atoms with E-state index in [-0.39, 0.29) is 11.6 Å². The Bertz CT molecular complexity index is 636. The van der Waals surface area contributed by atoms with Crippen molar-refractivity contribution in [2.24, 2.45) is 0 Å². The van der Waals surface area contributed by atoms with E-state index in [2.05, 4.69) is 0 Å². The maximum atomic E-state index is 14.0. The third-order valence-electron chi connectivity index (χ3n) is 2.43. The maximum absolute atomic E-state index is 14.0. The van der Waals surface area contributed by atoms with Gasteiger partial charge in [-0.05, 0) is 12.1 Å². The smallest absolute Gasteiger partial charge is 0.338 e. The molecule has 1 atom stereocenters. The minimum Gasteiger partial charge on any atom is -0.478 e. The number of halogens is 2. The number of sulfonamides is 1. The molecule has 0 heterocycles. The lowest BCUT2D eigenvalue weighted by molar-refractivity contribution is 0.0691. The fourth-order valence-corrected chi connectivity index (χ4v) is 3.14. The van der Waals surface area contributed by atoms with E-state index in [1.54, 1.807) is 0 Å². The van der Waals surface area contributed by atoms with Crippen LogP contribution in [0.2, 0.25) is 5.02 Å². The molecule has 1 unspecified atom stereocenters. The number of carboxylic acids is 1. The van der Waals surface area contributed by atoms with Crippen LogP contribution < -0.4 is 4.72 Å². The first kappa shape index (κ1) is 17.8. The van der Waals surface area contributed by atoms with E-state index in [1.165, 1.54) is 7.11 Å². The number of benzene rings is 1. The first-order valence-electron chi connectivity index (χ1n) is 5.57. The molecule has 0 amide bonds. The molecule has 10 heteroatoms. The van der Waals surface area contributed by atoms with Crippen molar-refractivity contribution in [1.82, 2.24) is 4.72 Å². The molecule has 0 saturated heterocycles. The van der Waals surface area contributed by atoms with E-state index in [9.17, 15) is 17.6 Å². The van der Waals surface area contributed by atoms with E-state index < -0.39 is 44.9 Å². The zero-order chi connectivity index (χ0) is 16.2. The molecule has 0 spiro atoms. The molecule has 0 radical (unpaired) electrons. The summed E-state index contributed by atoms with van der Waals surface area (Å²) in [6.45, 7) is -0.731. The van der Waals surface area contributed by atoms with Crippen molar-refractivity contribution in [3.63, 3.8) is 0 Å². The summed E-state index contributed by atoms with van der Waals surface area (Å²) < 4.78 is 44.8. The molecule has 21 heavy (non-hydrogen) atoms. The number of ether oxygens (including phenoxy) is 1. The Kier molecular flexibility index (Phi) is 6.05. The van der Waals surface area contributed by atoms with Gasteiger partial charge in [0.2, 0.25) is 10.0 Å². The van der Waals surface area contributed by atoms with Gasteiger partial charge in [0.05, 0.1) is 24.8 Å². The Labute approximate surface area is 125 Å². The summed E-state index contributed by atoms with van der Waals surface area (Å²) in [4.78, 5) is 9.95. The number of aliphatic hydroxyl groups excluding tert-OH is 1.